The normalized spacial score (nSPS) is 10.5. The Labute approximate surface area is 142 Å². The highest BCUT2D eigenvalue weighted by molar-refractivity contribution is 6.04. The minimum absolute atomic E-state index is 0.202. The number of benzene rings is 1. The molecule has 2 rings (SSSR count). The minimum atomic E-state index is -0.335. The lowest BCUT2D eigenvalue weighted by atomic mass is 10.1. The van der Waals surface area contributed by atoms with Gasteiger partial charge in [0.05, 0.1) is 0 Å². The second-order valence-corrected chi connectivity index (χ2v) is 6.36. The van der Waals surface area contributed by atoms with Crippen molar-refractivity contribution in [2.75, 3.05) is 11.9 Å². The summed E-state index contributed by atoms with van der Waals surface area (Å²) in [5, 5.41) is 5.65. The van der Waals surface area contributed by atoms with Crippen LogP contribution in [0.4, 0.5) is 5.69 Å². The first-order valence-corrected chi connectivity index (χ1v) is 7.99. The van der Waals surface area contributed by atoms with Gasteiger partial charge in [-0.1, -0.05) is 19.9 Å². The third-order valence-corrected chi connectivity index (χ3v) is 3.41. The van der Waals surface area contributed by atoms with E-state index < -0.39 is 0 Å². The van der Waals surface area contributed by atoms with E-state index in [1.807, 2.05) is 45.9 Å². The third-order valence-electron chi connectivity index (χ3n) is 3.41. The number of amides is 2. The van der Waals surface area contributed by atoms with Crippen molar-refractivity contribution in [1.29, 1.82) is 0 Å². The Kier molecular flexibility index (Phi) is 5.68. The first-order valence-electron chi connectivity index (χ1n) is 7.99. The Balaban J connectivity index is 2.12. The zero-order valence-corrected chi connectivity index (χ0v) is 14.5. The maximum absolute atomic E-state index is 12.4. The van der Waals surface area contributed by atoms with Crippen molar-refractivity contribution in [3.63, 3.8) is 0 Å². The fourth-order valence-electron chi connectivity index (χ4n) is 2.34. The van der Waals surface area contributed by atoms with Crippen LogP contribution in [0.25, 0.3) is 0 Å². The molecule has 0 aliphatic heterocycles. The van der Waals surface area contributed by atoms with E-state index in [4.69, 9.17) is 0 Å². The van der Waals surface area contributed by atoms with Gasteiger partial charge in [0.2, 0.25) is 0 Å². The van der Waals surface area contributed by atoms with Gasteiger partial charge in [0.15, 0.2) is 0 Å². The largest absolute Gasteiger partial charge is 0.352 e. The molecule has 2 N–H and O–H groups in total. The fourth-order valence-corrected chi connectivity index (χ4v) is 2.34. The predicted octanol–water partition coefficient (Wildman–Crippen LogP) is 3.34. The van der Waals surface area contributed by atoms with Crippen LogP contribution in [0.1, 0.15) is 45.8 Å². The van der Waals surface area contributed by atoms with Crippen molar-refractivity contribution >= 4 is 17.5 Å². The Morgan fingerprint density at radius 2 is 1.71 bits per heavy atom. The van der Waals surface area contributed by atoms with Crippen molar-refractivity contribution in [2.45, 2.75) is 27.7 Å². The molecule has 126 valence electrons. The first kappa shape index (κ1) is 17.7. The molecule has 0 fully saturated rings. The Morgan fingerprint density at radius 3 is 2.33 bits per heavy atom. The smallest absolute Gasteiger partial charge is 0.274 e. The molecule has 1 aromatic carbocycles. The van der Waals surface area contributed by atoms with Gasteiger partial charge in [0, 0.05) is 24.0 Å². The molecule has 1 heterocycles. The highest BCUT2D eigenvalue weighted by Crippen LogP contribution is 2.15. The average molecular weight is 325 g/mol. The van der Waals surface area contributed by atoms with Crippen LogP contribution < -0.4 is 10.6 Å². The molecule has 0 radical (unpaired) electrons. The number of aryl methyl sites for hydroxylation is 2. The van der Waals surface area contributed by atoms with Gasteiger partial charge in [-0.3, -0.25) is 14.6 Å². The topological polar surface area (TPSA) is 71.1 Å². The summed E-state index contributed by atoms with van der Waals surface area (Å²) < 4.78 is 0. The predicted molar refractivity (Wildman–Crippen MR) is 95.3 cm³/mol. The van der Waals surface area contributed by atoms with Gasteiger partial charge in [0.1, 0.15) is 5.69 Å². The maximum atomic E-state index is 12.4. The number of pyridine rings is 1. The van der Waals surface area contributed by atoms with Crippen molar-refractivity contribution in [3.05, 3.63) is 58.9 Å². The first-order chi connectivity index (χ1) is 11.3. The highest BCUT2D eigenvalue weighted by Gasteiger charge is 2.12. The summed E-state index contributed by atoms with van der Waals surface area (Å²) in [6, 6.07) is 8.93. The van der Waals surface area contributed by atoms with E-state index in [1.165, 1.54) is 12.3 Å². The number of anilines is 1. The molecule has 24 heavy (non-hydrogen) atoms. The molecule has 0 unspecified atom stereocenters. The van der Waals surface area contributed by atoms with E-state index in [-0.39, 0.29) is 17.5 Å². The van der Waals surface area contributed by atoms with Crippen LogP contribution >= 0.6 is 0 Å². The van der Waals surface area contributed by atoms with Crippen LogP contribution in [0.3, 0.4) is 0 Å². The molecular formula is C19H23N3O2. The zero-order valence-electron chi connectivity index (χ0n) is 14.5. The van der Waals surface area contributed by atoms with Gasteiger partial charge in [0.25, 0.3) is 11.8 Å². The van der Waals surface area contributed by atoms with Crippen molar-refractivity contribution in [3.8, 4) is 0 Å². The summed E-state index contributed by atoms with van der Waals surface area (Å²) in [5.74, 6) is -0.173. The number of carbonyl (C=O) groups excluding carboxylic acids is 2. The SMILES string of the molecule is Cc1cc(C)cc(NC(=O)c2cc(C(=O)NCC(C)C)ccn2)c1. The molecule has 5 heteroatoms. The Morgan fingerprint density at radius 1 is 1.04 bits per heavy atom. The second kappa shape index (κ2) is 7.73. The van der Waals surface area contributed by atoms with E-state index in [2.05, 4.69) is 15.6 Å². The molecular weight excluding hydrogens is 302 g/mol. The second-order valence-electron chi connectivity index (χ2n) is 6.36. The van der Waals surface area contributed by atoms with Gasteiger partial charge >= 0.3 is 0 Å². The van der Waals surface area contributed by atoms with Gasteiger partial charge in [-0.2, -0.15) is 0 Å². The lowest BCUT2D eigenvalue weighted by Crippen LogP contribution is -2.27. The minimum Gasteiger partial charge on any atom is -0.352 e. The molecule has 0 atom stereocenters. The molecule has 2 aromatic rings. The van der Waals surface area contributed by atoms with Crippen molar-refractivity contribution in [1.82, 2.24) is 10.3 Å². The highest BCUT2D eigenvalue weighted by atomic mass is 16.2. The van der Waals surface area contributed by atoms with E-state index in [0.717, 1.165) is 11.1 Å². The van der Waals surface area contributed by atoms with Gasteiger partial charge in [-0.05, 0) is 55.2 Å². The molecule has 0 aliphatic rings. The molecule has 0 bridgehead atoms. The molecule has 2 amide bonds. The molecule has 0 aliphatic carbocycles. The van der Waals surface area contributed by atoms with Crippen molar-refractivity contribution < 1.29 is 9.59 Å². The zero-order chi connectivity index (χ0) is 17.7. The van der Waals surface area contributed by atoms with E-state index in [9.17, 15) is 9.59 Å². The van der Waals surface area contributed by atoms with E-state index in [1.54, 1.807) is 6.07 Å². The Bertz CT molecular complexity index is 734. The average Bonchev–Trinajstić information content (AvgIpc) is 2.51. The molecule has 0 saturated carbocycles. The summed E-state index contributed by atoms with van der Waals surface area (Å²) in [6.07, 6.45) is 1.47. The Hall–Kier alpha value is -2.69. The molecule has 1 aromatic heterocycles. The van der Waals surface area contributed by atoms with Crippen LogP contribution in [0.5, 0.6) is 0 Å². The van der Waals surface area contributed by atoms with E-state index >= 15 is 0 Å². The fraction of sp³-hybridized carbons (Fsp3) is 0.316. The van der Waals surface area contributed by atoms with Crippen LogP contribution in [0.15, 0.2) is 36.5 Å². The summed E-state index contributed by atoms with van der Waals surface area (Å²) in [5.41, 5.74) is 3.50. The number of nitrogens with one attached hydrogen (secondary N) is 2. The van der Waals surface area contributed by atoms with E-state index in [0.29, 0.717) is 23.7 Å². The third kappa shape index (κ3) is 4.91. The summed E-state index contributed by atoms with van der Waals surface area (Å²) in [4.78, 5) is 28.5. The van der Waals surface area contributed by atoms with Crippen LogP contribution in [-0.2, 0) is 0 Å². The molecule has 0 spiro atoms. The number of rotatable bonds is 5. The van der Waals surface area contributed by atoms with Crippen LogP contribution in [-0.4, -0.2) is 23.3 Å². The molecule has 0 saturated heterocycles. The van der Waals surface area contributed by atoms with Gasteiger partial charge in [-0.25, -0.2) is 0 Å². The number of nitrogens with zero attached hydrogens (tertiary/aromatic N) is 1. The number of hydrogen-bond acceptors (Lipinski definition) is 3. The number of aromatic nitrogens is 1. The number of carbonyl (C=O) groups is 2. The maximum Gasteiger partial charge on any atom is 0.274 e. The molecule has 5 nitrogen and oxygen atoms in total. The number of hydrogen-bond donors (Lipinski definition) is 2. The van der Waals surface area contributed by atoms with Crippen LogP contribution in [0.2, 0.25) is 0 Å². The summed E-state index contributed by atoms with van der Waals surface area (Å²) >= 11 is 0. The lowest BCUT2D eigenvalue weighted by Gasteiger charge is -2.09. The van der Waals surface area contributed by atoms with Crippen LogP contribution in [0, 0.1) is 19.8 Å². The summed E-state index contributed by atoms with van der Waals surface area (Å²) in [7, 11) is 0. The van der Waals surface area contributed by atoms with Crippen molar-refractivity contribution in [2.24, 2.45) is 5.92 Å². The standard InChI is InChI=1S/C19H23N3O2/c1-12(2)11-21-18(23)15-5-6-20-17(10-15)19(24)22-16-8-13(3)7-14(4)9-16/h5-10,12H,11H2,1-4H3,(H,21,23)(H,22,24). The van der Waals surface area contributed by atoms with Gasteiger partial charge < -0.3 is 10.6 Å². The summed E-state index contributed by atoms with van der Waals surface area (Å²) in [6.45, 7) is 8.58. The lowest BCUT2D eigenvalue weighted by molar-refractivity contribution is 0.0949. The monoisotopic (exact) mass is 325 g/mol. The van der Waals surface area contributed by atoms with Gasteiger partial charge in [-0.15, -0.1) is 0 Å². The quantitative estimate of drug-likeness (QED) is 0.885.